The molecule has 2 aromatic heterocycles. The van der Waals surface area contributed by atoms with Gasteiger partial charge in [-0.05, 0) is 18.6 Å². The smallest absolute Gasteiger partial charge is 0.412 e. The quantitative estimate of drug-likeness (QED) is 0.801. The van der Waals surface area contributed by atoms with E-state index in [1.54, 1.807) is 18.3 Å². The van der Waals surface area contributed by atoms with Crippen molar-refractivity contribution in [2.45, 2.75) is 13.5 Å². The van der Waals surface area contributed by atoms with Gasteiger partial charge in [0, 0.05) is 6.07 Å². The predicted octanol–water partition coefficient (Wildman–Crippen LogP) is 2.80. The van der Waals surface area contributed by atoms with Gasteiger partial charge in [-0.25, -0.2) is 14.3 Å². The van der Waals surface area contributed by atoms with Gasteiger partial charge in [0.25, 0.3) is 0 Å². The molecule has 0 radical (unpaired) electrons. The van der Waals surface area contributed by atoms with Gasteiger partial charge in [0.1, 0.15) is 6.61 Å². The molecule has 0 spiro atoms. The number of aromatic nitrogens is 3. The van der Waals surface area contributed by atoms with Crippen LogP contribution in [-0.2, 0) is 11.3 Å². The maximum atomic E-state index is 11.2. The van der Waals surface area contributed by atoms with Gasteiger partial charge in [-0.15, -0.1) is 5.10 Å². The van der Waals surface area contributed by atoms with Crippen LogP contribution in [-0.4, -0.2) is 27.8 Å². The molecular weight excluding hydrogens is 296 g/mol. The van der Waals surface area contributed by atoms with E-state index in [-0.39, 0.29) is 0 Å². The molecular formula is C16H16N4O3. The van der Waals surface area contributed by atoms with Crippen molar-refractivity contribution in [2.24, 2.45) is 0 Å². The van der Waals surface area contributed by atoms with Crippen LogP contribution >= 0.6 is 0 Å². The Hall–Kier alpha value is -3.09. The number of anilines is 1. The van der Waals surface area contributed by atoms with Gasteiger partial charge in [0.2, 0.25) is 5.88 Å². The van der Waals surface area contributed by atoms with Gasteiger partial charge < -0.3 is 9.47 Å². The summed E-state index contributed by atoms with van der Waals surface area (Å²) in [7, 11) is 1.29. The second-order valence-corrected chi connectivity index (χ2v) is 4.99. The Bertz CT molecular complexity index is 844. The highest BCUT2D eigenvalue weighted by Crippen LogP contribution is 2.14. The number of ether oxygens (including phenoxy) is 2. The van der Waals surface area contributed by atoms with Crippen LogP contribution in [0.5, 0.6) is 5.88 Å². The lowest BCUT2D eigenvalue weighted by atomic mass is 10.1. The fourth-order valence-electron chi connectivity index (χ4n) is 2.12. The number of methoxy groups -OCH3 is 1. The van der Waals surface area contributed by atoms with Crippen molar-refractivity contribution >= 4 is 17.6 Å². The second kappa shape index (κ2) is 6.35. The summed E-state index contributed by atoms with van der Waals surface area (Å²) in [6.07, 6.45) is 1.01. The van der Waals surface area contributed by atoms with E-state index in [1.165, 1.54) is 17.2 Å². The van der Waals surface area contributed by atoms with Crippen LogP contribution in [0.2, 0.25) is 0 Å². The van der Waals surface area contributed by atoms with E-state index in [0.717, 1.165) is 5.56 Å². The van der Waals surface area contributed by atoms with Gasteiger partial charge in [-0.2, -0.15) is 0 Å². The first-order valence-electron chi connectivity index (χ1n) is 7.04. The normalized spacial score (nSPS) is 10.5. The SMILES string of the molecule is COC(=O)Nc1cn2nc(OCc3cccc(C)c3)ccc2n1. The number of fused-ring (bicyclic) bond motifs is 1. The maximum absolute atomic E-state index is 11.2. The highest BCUT2D eigenvalue weighted by atomic mass is 16.5. The number of nitrogens with one attached hydrogen (secondary N) is 1. The predicted molar refractivity (Wildman–Crippen MR) is 84.5 cm³/mol. The van der Waals surface area contributed by atoms with E-state index in [9.17, 15) is 4.79 Å². The van der Waals surface area contributed by atoms with Crippen molar-refractivity contribution in [3.63, 3.8) is 0 Å². The summed E-state index contributed by atoms with van der Waals surface area (Å²) in [5, 5.41) is 6.80. The number of hydrogen-bond donors (Lipinski definition) is 1. The molecule has 0 unspecified atom stereocenters. The minimum absolute atomic E-state index is 0.361. The fourth-order valence-corrected chi connectivity index (χ4v) is 2.12. The molecule has 0 bridgehead atoms. The van der Waals surface area contributed by atoms with Crippen LogP contribution < -0.4 is 10.1 Å². The molecule has 23 heavy (non-hydrogen) atoms. The molecule has 7 nitrogen and oxygen atoms in total. The number of carbonyl (C=O) groups is 1. The van der Waals surface area contributed by atoms with Crippen LogP contribution in [0.15, 0.2) is 42.6 Å². The van der Waals surface area contributed by atoms with Gasteiger partial charge in [0.15, 0.2) is 11.5 Å². The molecule has 0 aliphatic rings. The van der Waals surface area contributed by atoms with Gasteiger partial charge >= 0.3 is 6.09 Å². The molecule has 0 fully saturated rings. The zero-order chi connectivity index (χ0) is 16.2. The molecule has 3 aromatic rings. The first-order valence-corrected chi connectivity index (χ1v) is 7.04. The summed E-state index contributed by atoms with van der Waals surface area (Å²) in [6.45, 7) is 2.47. The third kappa shape index (κ3) is 3.57. The van der Waals surface area contributed by atoms with Crippen LogP contribution in [0.25, 0.3) is 5.65 Å². The first-order chi connectivity index (χ1) is 11.1. The summed E-state index contributed by atoms with van der Waals surface area (Å²) in [4.78, 5) is 15.4. The largest absolute Gasteiger partial charge is 0.472 e. The maximum Gasteiger partial charge on any atom is 0.412 e. The molecule has 7 heteroatoms. The third-order valence-electron chi connectivity index (χ3n) is 3.18. The Balaban J connectivity index is 1.73. The molecule has 1 aromatic carbocycles. The van der Waals surface area contributed by atoms with Gasteiger partial charge in [-0.3, -0.25) is 5.32 Å². The van der Waals surface area contributed by atoms with E-state index in [0.29, 0.717) is 24.0 Å². The van der Waals surface area contributed by atoms with E-state index in [1.807, 2.05) is 25.1 Å². The van der Waals surface area contributed by atoms with E-state index in [4.69, 9.17) is 4.74 Å². The molecule has 0 atom stereocenters. The summed E-state index contributed by atoms with van der Waals surface area (Å²) >= 11 is 0. The summed E-state index contributed by atoms with van der Waals surface area (Å²) in [5.74, 6) is 0.834. The number of carbonyl (C=O) groups excluding carboxylic acids is 1. The minimum Gasteiger partial charge on any atom is -0.472 e. The average molecular weight is 312 g/mol. The third-order valence-corrected chi connectivity index (χ3v) is 3.18. The highest BCUT2D eigenvalue weighted by Gasteiger charge is 2.07. The number of benzene rings is 1. The standard InChI is InChI=1S/C16H16N4O3/c1-11-4-3-5-12(8-11)10-23-15-7-6-14-17-13(9-20(14)19-15)18-16(21)22-2/h3-9H,10H2,1-2H3,(H,18,21). The number of imidazole rings is 1. The molecule has 0 saturated heterocycles. The molecule has 2 heterocycles. The van der Waals surface area contributed by atoms with E-state index < -0.39 is 6.09 Å². The molecule has 1 N–H and O–H groups in total. The highest BCUT2D eigenvalue weighted by molar-refractivity contribution is 5.83. The number of aryl methyl sites for hydroxylation is 1. The average Bonchev–Trinajstić information content (AvgIpc) is 2.94. The number of nitrogens with zero attached hydrogens (tertiary/aromatic N) is 3. The zero-order valence-electron chi connectivity index (χ0n) is 12.8. The molecule has 1 amide bonds. The molecule has 118 valence electrons. The summed E-state index contributed by atoms with van der Waals surface area (Å²) < 4.78 is 11.8. The summed E-state index contributed by atoms with van der Waals surface area (Å²) in [5.41, 5.74) is 2.85. The van der Waals surface area contributed by atoms with Crippen LogP contribution in [0, 0.1) is 6.92 Å². The second-order valence-electron chi connectivity index (χ2n) is 4.99. The van der Waals surface area contributed by atoms with E-state index >= 15 is 0 Å². The monoisotopic (exact) mass is 312 g/mol. The van der Waals surface area contributed by atoms with Crippen molar-refractivity contribution < 1.29 is 14.3 Å². The lowest BCUT2D eigenvalue weighted by molar-refractivity contribution is 0.187. The van der Waals surface area contributed by atoms with Crippen molar-refractivity contribution in [1.82, 2.24) is 14.6 Å². The molecule has 0 saturated carbocycles. The number of hydrogen-bond acceptors (Lipinski definition) is 5. The Morgan fingerprint density at radius 1 is 1.30 bits per heavy atom. The Kier molecular flexibility index (Phi) is 4.09. The molecule has 3 rings (SSSR count). The molecule has 0 aliphatic heterocycles. The molecule has 0 aliphatic carbocycles. The van der Waals surface area contributed by atoms with Crippen molar-refractivity contribution in [2.75, 3.05) is 12.4 Å². The number of amides is 1. The lowest BCUT2D eigenvalue weighted by Crippen LogP contribution is -2.10. The minimum atomic E-state index is -0.579. The number of rotatable bonds is 4. The van der Waals surface area contributed by atoms with Crippen molar-refractivity contribution in [3.8, 4) is 5.88 Å². The first kappa shape index (κ1) is 14.8. The topological polar surface area (TPSA) is 77.8 Å². The Morgan fingerprint density at radius 3 is 2.96 bits per heavy atom. The van der Waals surface area contributed by atoms with Crippen LogP contribution in [0.1, 0.15) is 11.1 Å². The van der Waals surface area contributed by atoms with Crippen LogP contribution in [0.4, 0.5) is 10.6 Å². The zero-order valence-corrected chi connectivity index (χ0v) is 12.8. The summed E-state index contributed by atoms with van der Waals surface area (Å²) in [6, 6.07) is 11.6. The van der Waals surface area contributed by atoms with Gasteiger partial charge in [0.05, 0.1) is 13.3 Å². The lowest BCUT2D eigenvalue weighted by Gasteiger charge is -2.06. The van der Waals surface area contributed by atoms with Crippen molar-refractivity contribution in [1.29, 1.82) is 0 Å². The Labute approximate surface area is 132 Å². The Morgan fingerprint density at radius 2 is 2.17 bits per heavy atom. The van der Waals surface area contributed by atoms with Crippen LogP contribution in [0.3, 0.4) is 0 Å². The van der Waals surface area contributed by atoms with Crippen molar-refractivity contribution in [3.05, 3.63) is 53.7 Å². The fraction of sp³-hybridized carbons (Fsp3) is 0.188. The van der Waals surface area contributed by atoms with E-state index in [2.05, 4.69) is 26.2 Å². The van der Waals surface area contributed by atoms with Gasteiger partial charge in [-0.1, -0.05) is 29.8 Å².